The zero-order valence-corrected chi connectivity index (χ0v) is 18.9. The lowest BCUT2D eigenvalue weighted by Gasteiger charge is -2.42. The molecule has 0 amide bonds. The fraction of sp³-hybridized carbons (Fsp3) is 0.750. The summed E-state index contributed by atoms with van der Waals surface area (Å²) in [6.45, 7) is 9.83. The molecule has 9 heteroatoms. The number of aryl methyl sites for hydroxylation is 1. The molecule has 1 aromatic rings. The number of aromatic nitrogens is 2. The van der Waals surface area contributed by atoms with E-state index in [1.807, 2.05) is 0 Å². The molecular weight excluding hydrogens is 392 g/mol. The number of aromatic amines is 1. The van der Waals surface area contributed by atoms with Gasteiger partial charge in [-0.15, -0.1) is 0 Å². The van der Waals surface area contributed by atoms with Crippen LogP contribution in [0.1, 0.15) is 58.7 Å². The van der Waals surface area contributed by atoms with Crippen LogP contribution < -0.4 is 11.2 Å². The van der Waals surface area contributed by atoms with Crippen molar-refractivity contribution in [2.75, 3.05) is 6.61 Å². The van der Waals surface area contributed by atoms with Crippen LogP contribution in [0.25, 0.3) is 0 Å². The fourth-order valence-electron chi connectivity index (χ4n) is 4.43. The Labute approximate surface area is 171 Å². The molecule has 0 aromatic carbocycles. The molecule has 0 bridgehead atoms. The van der Waals surface area contributed by atoms with Crippen LogP contribution in [0.15, 0.2) is 15.8 Å². The van der Waals surface area contributed by atoms with Crippen molar-refractivity contribution in [3.8, 4) is 0 Å². The van der Waals surface area contributed by atoms with E-state index in [2.05, 4.69) is 25.8 Å². The summed E-state index contributed by atoms with van der Waals surface area (Å²) in [6, 6.07) is 2.21. The lowest BCUT2D eigenvalue weighted by atomic mass is 10.2. The number of nitrogens with one attached hydrogen (secondary N) is 1. The van der Waals surface area contributed by atoms with Crippen LogP contribution in [0, 0.1) is 6.92 Å². The van der Waals surface area contributed by atoms with Crippen molar-refractivity contribution in [1.29, 1.82) is 0 Å². The Morgan fingerprint density at radius 2 is 1.97 bits per heavy atom. The summed E-state index contributed by atoms with van der Waals surface area (Å²) in [5.41, 5.74) is -0.481. The first-order valence-electron chi connectivity index (χ1n) is 10.3. The number of nitrogens with zero attached hydrogens (tertiary/aromatic N) is 1. The van der Waals surface area contributed by atoms with Crippen LogP contribution in [-0.2, 0) is 18.7 Å². The predicted molar refractivity (Wildman–Crippen MR) is 110 cm³/mol. The summed E-state index contributed by atoms with van der Waals surface area (Å²) in [5, 5.41) is 0.0823. The number of rotatable bonds is 5. The zero-order valence-electron chi connectivity index (χ0n) is 17.9. The first kappa shape index (κ1) is 22.0. The lowest BCUT2D eigenvalue weighted by Crippen LogP contribution is -2.49. The van der Waals surface area contributed by atoms with Gasteiger partial charge in [-0.25, -0.2) is 4.79 Å². The van der Waals surface area contributed by atoms with Crippen molar-refractivity contribution < 1.29 is 18.7 Å². The maximum absolute atomic E-state index is 12.3. The van der Waals surface area contributed by atoms with Gasteiger partial charge in [0, 0.05) is 25.1 Å². The van der Waals surface area contributed by atoms with Crippen molar-refractivity contribution in [3.63, 3.8) is 0 Å². The van der Waals surface area contributed by atoms with Gasteiger partial charge in [-0.05, 0) is 24.1 Å². The molecule has 1 unspecified atom stereocenters. The molecule has 8 nitrogen and oxygen atoms in total. The van der Waals surface area contributed by atoms with E-state index in [1.165, 1.54) is 30.5 Å². The van der Waals surface area contributed by atoms with Gasteiger partial charge in [-0.1, -0.05) is 33.6 Å². The SMILES string of the molecule is CC(=O)OC[C@@H]1O[C@H](n2cc(C)c(=O)[nH]c2=O)CC1O[Si]1(C(C)(C)C)CCCC1. The molecule has 162 valence electrons. The molecule has 0 saturated carbocycles. The zero-order chi connectivity index (χ0) is 21.4. The summed E-state index contributed by atoms with van der Waals surface area (Å²) in [5.74, 6) is -0.378. The largest absolute Gasteiger partial charge is 0.463 e. The highest BCUT2D eigenvalue weighted by Gasteiger charge is 2.52. The summed E-state index contributed by atoms with van der Waals surface area (Å²) < 4.78 is 19.6. The van der Waals surface area contributed by atoms with Crippen LogP contribution >= 0.6 is 0 Å². The van der Waals surface area contributed by atoms with Gasteiger partial charge in [0.2, 0.25) is 0 Å². The molecule has 0 spiro atoms. The van der Waals surface area contributed by atoms with Crippen LogP contribution in [0.3, 0.4) is 0 Å². The standard InChI is InChI=1S/C20H32N2O6Si/c1-13-11-22(19(25)21-18(13)24)17-10-15(16(27-17)12-26-14(2)23)28-29(20(3,4)5)8-6-7-9-29/h11,15-17H,6-10,12H2,1-5H3,(H,21,24,25)/t15?,16-,17-/m0/s1. The van der Waals surface area contributed by atoms with Crippen LogP contribution in [0.2, 0.25) is 17.1 Å². The molecule has 1 N–H and O–H groups in total. The highest BCUT2D eigenvalue weighted by Crippen LogP contribution is 2.50. The number of esters is 1. The quantitative estimate of drug-likeness (QED) is 0.576. The number of carbonyl (C=O) groups is 1. The van der Waals surface area contributed by atoms with E-state index >= 15 is 0 Å². The van der Waals surface area contributed by atoms with Crippen molar-refractivity contribution in [2.45, 2.75) is 89.4 Å². The number of ether oxygens (including phenoxy) is 2. The number of carbonyl (C=O) groups excluding carboxylic acids is 1. The van der Waals surface area contributed by atoms with E-state index in [0.717, 1.165) is 12.1 Å². The third-order valence-corrected chi connectivity index (χ3v) is 12.1. The van der Waals surface area contributed by atoms with Gasteiger partial charge in [-0.3, -0.25) is 19.1 Å². The normalized spacial score (nSPS) is 26.6. The van der Waals surface area contributed by atoms with E-state index in [9.17, 15) is 14.4 Å². The van der Waals surface area contributed by atoms with Gasteiger partial charge in [0.1, 0.15) is 18.9 Å². The third-order valence-electron chi connectivity index (χ3n) is 6.24. The monoisotopic (exact) mass is 424 g/mol. The Morgan fingerprint density at radius 1 is 1.31 bits per heavy atom. The van der Waals surface area contributed by atoms with Crippen LogP contribution in [-0.4, -0.2) is 42.7 Å². The van der Waals surface area contributed by atoms with E-state index < -0.39 is 31.9 Å². The predicted octanol–water partition coefficient (Wildman–Crippen LogP) is 2.62. The van der Waals surface area contributed by atoms with Crippen molar-refractivity contribution in [2.24, 2.45) is 0 Å². The topological polar surface area (TPSA) is 99.6 Å². The average molecular weight is 425 g/mol. The molecular formula is C20H32N2O6Si. The van der Waals surface area contributed by atoms with Crippen LogP contribution in [0.5, 0.6) is 0 Å². The first-order chi connectivity index (χ1) is 13.5. The minimum atomic E-state index is -2.03. The van der Waals surface area contributed by atoms with Gasteiger partial charge in [0.05, 0.1) is 6.10 Å². The van der Waals surface area contributed by atoms with E-state index in [0.29, 0.717) is 12.0 Å². The second-order valence-electron chi connectivity index (χ2n) is 9.25. The van der Waals surface area contributed by atoms with Gasteiger partial charge in [0.15, 0.2) is 8.32 Å². The molecule has 2 saturated heterocycles. The summed E-state index contributed by atoms with van der Waals surface area (Å²) in [7, 11) is -2.03. The lowest BCUT2D eigenvalue weighted by molar-refractivity contribution is -0.147. The molecule has 0 aliphatic carbocycles. The van der Waals surface area contributed by atoms with E-state index in [4.69, 9.17) is 13.9 Å². The minimum absolute atomic E-state index is 0.0823. The molecule has 29 heavy (non-hydrogen) atoms. The van der Waals surface area contributed by atoms with E-state index in [1.54, 1.807) is 6.92 Å². The Balaban J connectivity index is 1.88. The number of hydrogen-bond acceptors (Lipinski definition) is 6. The van der Waals surface area contributed by atoms with Crippen molar-refractivity contribution >= 4 is 14.3 Å². The molecule has 2 fully saturated rings. The second kappa shape index (κ2) is 8.20. The Kier molecular flexibility index (Phi) is 6.21. The minimum Gasteiger partial charge on any atom is -0.463 e. The smallest absolute Gasteiger partial charge is 0.330 e. The Hall–Kier alpha value is -1.71. The Bertz CT molecular complexity index is 865. The Morgan fingerprint density at radius 3 is 2.55 bits per heavy atom. The van der Waals surface area contributed by atoms with Gasteiger partial charge in [-0.2, -0.15) is 0 Å². The average Bonchev–Trinajstić information content (AvgIpc) is 3.24. The highest BCUT2D eigenvalue weighted by molar-refractivity contribution is 6.77. The molecule has 1 aromatic heterocycles. The highest BCUT2D eigenvalue weighted by atomic mass is 28.4. The third kappa shape index (κ3) is 4.56. The summed E-state index contributed by atoms with van der Waals surface area (Å²) in [6.07, 6.45) is 3.06. The fourth-order valence-corrected chi connectivity index (χ4v) is 9.23. The molecule has 2 aliphatic heterocycles. The summed E-state index contributed by atoms with van der Waals surface area (Å²) in [4.78, 5) is 37.7. The van der Waals surface area contributed by atoms with Gasteiger partial charge < -0.3 is 13.9 Å². The van der Waals surface area contributed by atoms with Crippen molar-refractivity contribution in [3.05, 3.63) is 32.6 Å². The van der Waals surface area contributed by atoms with Crippen molar-refractivity contribution in [1.82, 2.24) is 9.55 Å². The van der Waals surface area contributed by atoms with Crippen LogP contribution in [0.4, 0.5) is 0 Å². The first-order valence-corrected chi connectivity index (χ1v) is 12.6. The molecule has 3 heterocycles. The molecule has 3 atom stereocenters. The molecule has 0 radical (unpaired) electrons. The number of hydrogen-bond donors (Lipinski definition) is 1. The van der Waals surface area contributed by atoms with Gasteiger partial charge >= 0.3 is 11.7 Å². The maximum Gasteiger partial charge on any atom is 0.330 e. The van der Waals surface area contributed by atoms with Gasteiger partial charge in [0.25, 0.3) is 5.56 Å². The summed E-state index contributed by atoms with van der Waals surface area (Å²) >= 11 is 0. The second-order valence-corrected chi connectivity index (χ2v) is 14.0. The maximum atomic E-state index is 12.3. The molecule has 3 rings (SSSR count). The van der Waals surface area contributed by atoms with E-state index in [-0.39, 0.29) is 23.7 Å². The molecule has 2 aliphatic rings. The number of H-pyrrole nitrogens is 1.